The molecule has 170 valence electrons. The lowest BCUT2D eigenvalue weighted by Gasteiger charge is -2.37. The summed E-state index contributed by atoms with van der Waals surface area (Å²) in [6, 6.07) is 2.34. The van der Waals surface area contributed by atoms with Crippen LogP contribution in [0.1, 0.15) is 58.7 Å². The molecule has 0 aromatic carbocycles. The highest BCUT2D eigenvalue weighted by molar-refractivity contribution is 5.96. The molecule has 0 saturated carbocycles. The lowest BCUT2D eigenvalue weighted by atomic mass is 9.84. The highest BCUT2D eigenvalue weighted by Crippen LogP contribution is 2.36. The molecule has 0 bridgehead atoms. The number of piperidine rings is 1. The third-order valence-electron chi connectivity index (χ3n) is 5.72. The van der Waals surface area contributed by atoms with Gasteiger partial charge in [0, 0.05) is 30.9 Å². The highest BCUT2D eigenvalue weighted by Gasteiger charge is 2.39. The van der Waals surface area contributed by atoms with Crippen molar-refractivity contribution >= 4 is 11.7 Å². The van der Waals surface area contributed by atoms with Gasteiger partial charge in [0.2, 0.25) is 0 Å². The number of halogens is 5. The molecule has 0 unspecified atom stereocenters. The smallest absolute Gasteiger partial charge is 0.338 e. The third-order valence-corrected chi connectivity index (χ3v) is 5.72. The van der Waals surface area contributed by atoms with Crippen LogP contribution in [0.3, 0.4) is 0 Å². The second-order valence-electron chi connectivity index (χ2n) is 7.87. The maximum Gasteiger partial charge on any atom is 0.418 e. The van der Waals surface area contributed by atoms with Gasteiger partial charge in [-0.2, -0.15) is 23.3 Å². The number of likely N-dealkylation sites (tertiary alicyclic amines) is 1. The molecule has 2 atom stereocenters. The maximum absolute atomic E-state index is 13.5. The van der Waals surface area contributed by atoms with Crippen LogP contribution in [0.2, 0.25) is 0 Å². The molecule has 0 spiro atoms. The van der Waals surface area contributed by atoms with Crippen molar-refractivity contribution in [3.63, 3.8) is 0 Å². The van der Waals surface area contributed by atoms with Crippen LogP contribution in [0, 0.1) is 12.8 Å². The minimum absolute atomic E-state index is 0.00225. The molecule has 1 amide bonds. The summed E-state index contributed by atoms with van der Waals surface area (Å²) < 4.78 is 68.5. The Hall–Kier alpha value is -3.18. The molecule has 12 heteroatoms. The van der Waals surface area contributed by atoms with Crippen molar-refractivity contribution in [3.8, 4) is 0 Å². The molecule has 0 N–H and O–H groups in total. The molecular weight excluding hydrogens is 435 g/mol. The summed E-state index contributed by atoms with van der Waals surface area (Å²) >= 11 is 0. The Morgan fingerprint density at radius 3 is 2.66 bits per heavy atom. The van der Waals surface area contributed by atoms with E-state index in [1.165, 1.54) is 28.7 Å². The topological polar surface area (TPSA) is 76.3 Å². The molecule has 3 aromatic heterocycles. The van der Waals surface area contributed by atoms with Gasteiger partial charge >= 0.3 is 6.18 Å². The van der Waals surface area contributed by atoms with Crippen molar-refractivity contribution in [3.05, 3.63) is 52.9 Å². The highest BCUT2D eigenvalue weighted by atomic mass is 19.4. The van der Waals surface area contributed by atoms with Gasteiger partial charge in [-0.15, -0.1) is 0 Å². The van der Waals surface area contributed by atoms with Crippen LogP contribution in [0.25, 0.3) is 5.78 Å². The van der Waals surface area contributed by atoms with E-state index in [1.54, 1.807) is 0 Å². The average Bonchev–Trinajstić information content (AvgIpc) is 3.21. The van der Waals surface area contributed by atoms with Gasteiger partial charge in [0.1, 0.15) is 12.0 Å². The zero-order valence-electron chi connectivity index (χ0n) is 17.1. The molecule has 1 fully saturated rings. The standard InChI is InChI=1S/C20H19F5N6O/c1-10-3-4-30(18(32)12-5-11(2)26-7-14(12)20(23,24)25)8-13(10)16-6-15(17(21)22)29-19-27-9-28-31(16)19/h5-7,9-10,13,17H,3-4,8H2,1-2H3/t10-,13-/m1/s1. The summed E-state index contributed by atoms with van der Waals surface area (Å²) in [5, 5.41) is 4.05. The summed E-state index contributed by atoms with van der Waals surface area (Å²) in [5.74, 6) is -1.27. The van der Waals surface area contributed by atoms with Crippen LogP contribution in [0.5, 0.6) is 0 Å². The van der Waals surface area contributed by atoms with E-state index in [9.17, 15) is 26.7 Å². The number of amides is 1. The van der Waals surface area contributed by atoms with Crippen LogP contribution in [-0.2, 0) is 6.18 Å². The van der Waals surface area contributed by atoms with E-state index < -0.39 is 41.2 Å². The van der Waals surface area contributed by atoms with Gasteiger partial charge in [-0.05, 0) is 31.4 Å². The van der Waals surface area contributed by atoms with Crippen molar-refractivity contribution in [2.24, 2.45) is 5.92 Å². The molecule has 4 heterocycles. The number of nitrogens with zero attached hydrogens (tertiary/aromatic N) is 6. The first-order valence-electron chi connectivity index (χ1n) is 9.88. The molecule has 32 heavy (non-hydrogen) atoms. The first-order valence-corrected chi connectivity index (χ1v) is 9.88. The zero-order valence-corrected chi connectivity index (χ0v) is 17.1. The Balaban J connectivity index is 1.72. The Labute approximate surface area is 179 Å². The van der Waals surface area contributed by atoms with E-state index in [0.29, 0.717) is 18.3 Å². The van der Waals surface area contributed by atoms with Crippen LogP contribution >= 0.6 is 0 Å². The number of aromatic nitrogens is 5. The van der Waals surface area contributed by atoms with Gasteiger partial charge in [0.05, 0.1) is 16.8 Å². The molecule has 1 aliphatic rings. The first kappa shape index (κ1) is 22.0. The second-order valence-corrected chi connectivity index (χ2v) is 7.87. The minimum Gasteiger partial charge on any atom is -0.338 e. The van der Waals surface area contributed by atoms with Crippen molar-refractivity contribution in [2.75, 3.05) is 13.1 Å². The monoisotopic (exact) mass is 454 g/mol. The van der Waals surface area contributed by atoms with Crippen LogP contribution < -0.4 is 0 Å². The third kappa shape index (κ3) is 4.00. The molecule has 4 rings (SSSR count). The van der Waals surface area contributed by atoms with Gasteiger partial charge in [0.15, 0.2) is 0 Å². The Kier molecular flexibility index (Phi) is 5.55. The average molecular weight is 454 g/mol. The SMILES string of the molecule is Cc1cc(C(=O)N2CC[C@@H](C)[C@H](c3cc(C(F)F)nc4ncnn34)C2)c(C(F)(F)F)cn1. The Morgan fingerprint density at radius 2 is 1.97 bits per heavy atom. The van der Waals surface area contributed by atoms with Crippen LogP contribution in [-0.4, -0.2) is 48.5 Å². The number of rotatable bonds is 3. The van der Waals surface area contributed by atoms with E-state index in [2.05, 4.69) is 20.1 Å². The predicted octanol–water partition coefficient (Wildman–Crippen LogP) is 4.05. The van der Waals surface area contributed by atoms with Crippen LogP contribution in [0.4, 0.5) is 22.0 Å². The van der Waals surface area contributed by atoms with E-state index in [-0.39, 0.29) is 30.5 Å². The van der Waals surface area contributed by atoms with Gasteiger partial charge in [-0.25, -0.2) is 18.3 Å². The molecular formula is C20H19F5N6O. The zero-order chi connectivity index (χ0) is 23.2. The summed E-state index contributed by atoms with van der Waals surface area (Å²) in [6.45, 7) is 3.68. The van der Waals surface area contributed by atoms with Crippen LogP contribution in [0.15, 0.2) is 24.7 Å². The quantitative estimate of drug-likeness (QED) is 0.558. The fourth-order valence-electron chi connectivity index (χ4n) is 4.00. The lowest BCUT2D eigenvalue weighted by molar-refractivity contribution is -0.138. The second kappa shape index (κ2) is 8.06. The predicted molar refractivity (Wildman–Crippen MR) is 102 cm³/mol. The van der Waals surface area contributed by atoms with E-state index >= 15 is 0 Å². The Morgan fingerprint density at radius 1 is 1.22 bits per heavy atom. The summed E-state index contributed by atoms with van der Waals surface area (Å²) in [5.41, 5.74) is -1.39. The van der Waals surface area contributed by atoms with Gasteiger partial charge in [-0.1, -0.05) is 6.92 Å². The number of hydrogen-bond donors (Lipinski definition) is 0. The van der Waals surface area contributed by atoms with Gasteiger partial charge < -0.3 is 4.90 Å². The van der Waals surface area contributed by atoms with Crippen molar-refractivity contribution in [1.82, 2.24) is 29.5 Å². The molecule has 3 aromatic rings. The van der Waals surface area contributed by atoms with Crippen molar-refractivity contribution in [2.45, 2.75) is 38.8 Å². The number of hydrogen-bond acceptors (Lipinski definition) is 5. The summed E-state index contributed by atoms with van der Waals surface area (Å²) in [6.07, 6.45) is -5.25. The van der Waals surface area contributed by atoms with Crippen molar-refractivity contribution in [1.29, 1.82) is 0 Å². The number of aryl methyl sites for hydroxylation is 1. The molecule has 1 aliphatic heterocycles. The molecule has 1 saturated heterocycles. The minimum atomic E-state index is -4.74. The van der Waals surface area contributed by atoms with Crippen molar-refractivity contribution < 1.29 is 26.7 Å². The molecule has 0 aliphatic carbocycles. The normalized spacial score (nSPS) is 19.7. The van der Waals surface area contributed by atoms with Gasteiger partial charge in [0.25, 0.3) is 18.1 Å². The molecule has 0 radical (unpaired) electrons. The maximum atomic E-state index is 13.5. The number of pyridine rings is 1. The Bertz CT molecular complexity index is 1160. The number of carbonyl (C=O) groups excluding carboxylic acids is 1. The summed E-state index contributed by atoms with van der Waals surface area (Å²) in [7, 11) is 0. The fraction of sp³-hybridized carbons (Fsp3) is 0.450. The lowest BCUT2D eigenvalue weighted by Crippen LogP contribution is -2.43. The number of carbonyl (C=O) groups is 1. The van der Waals surface area contributed by atoms with E-state index in [4.69, 9.17) is 0 Å². The summed E-state index contributed by atoms with van der Waals surface area (Å²) in [4.78, 5) is 25.8. The first-order chi connectivity index (χ1) is 15.1. The largest absolute Gasteiger partial charge is 0.418 e. The van der Waals surface area contributed by atoms with Gasteiger partial charge in [-0.3, -0.25) is 9.78 Å². The molecule has 7 nitrogen and oxygen atoms in total. The van der Waals surface area contributed by atoms with E-state index in [0.717, 1.165) is 6.07 Å². The fourth-order valence-corrected chi connectivity index (χ4v) is 4.00. The van der Waals surface area contributed by atoms with E-state index in [1.807, 2.05) is 6.92 Å². The number of fused-ring (bicyclic) bond motifs is 1. The number of alkyl halides is 5.